The van der Waals surface area contributed by atoms with E-state index >= 15 is 0 Å². The zero-order valence-corrected chi connectivity index (χ0v) is 21.3. The van der Waals surface area contributed by atoms with E-state index in [0.717, 1.165) is 38.8 Å². The molecule has 5 rings (SSSR count). The predicted molar refractivity (Wildman–Crippen MR) is 145 cm³/mol. The van der Waals surface area contributed by atoms with Gasteiger partial charge in [0.05, 0.1) is 25.0 Å². The van der Waals surface area contributed by atoms with Gasteiger partial charge in [0.15, 0.2) is 0 Å². The van der Waals surface area contributed by atoms with Crippen molar-refractivity contribution < 1.29 is 18.7 Å². The molecule has 0 aliphatic carbocycles. The van der Waals surface area contributed by atoms with Crippen molar-refractivity contribution in [1.82, 2.24) is 10.3 Å². The predicted octanol–water partition coefficient (Wildman–Crippen LogP) is 6.16. The first-order valence-corrected chi connectivity index (χ1v) is 12.6. The molecule has 0 saturated carbocycles. The first-order chi connectivity index (χ1) is 18.4. The summed E-state index contributed by atoms with van der Waals surface area (Å²) in [7, 11) is 0. The third-order valence-corrected chi connectivity index (χ3v) is 6.84. The smallest absolute Gasteiger partial charge is 0.225 e. The normalized spacial score (nSPS) is 12.8. The van der Waals surface area contributed by atoms with Crippen LogP contribution in [0.25, 0.3) is 11.0 Å². The number of rotatable bonds is 8. The van der Waals surface area contributed by atoms with Crippen LogP contribution in [0.15, 0.2) is 95.7 Å². The summed E-state index contributed by atoms with van der Waals surface area (Å²) < 4.78 is 19.7. The molecule has 2 heterocycles. The highest BCUT2D eigenvalue weighted by Crippen LogP contribution is 2.31. The number of hydrogen-bond acceptors (Lipinski definition) is 4. The summed E-state index contributed by atoms with van der Waals surface area (Å²) >= 11 is 0. The van der Waals surface area contributed by atoms with Gasteiger partial charge in [-0.15, -0.1) is 0 Å². The van der Waals surface area contributed by atoms with Crippen LogP contribution < -0.4 is 5.32 Å². The first kappa shape index (κ1) is 25.4. The number of carbonyl (C=O) groups is 1. The van der Waals surface area contributed by atoms with Gasteiger partial charge in [0.1, 0.15) is 17.2 Å². The fourth-order valence-corrected chi connectivity index (χ4v) is 4.89. The lowest BCUT2D eigenvalue weighted by atomic mass is 9.93. The van der Waals surface area contributed by atoms with Crippen LogP contribution in [0, 0.1) is 19.7 Å². The summed E-state index contributed by atoms with van der Waals surface area (Å²) in [6, 6.07) is 23.2. The maximum Gasteiger partial charge on any atom is 0.225 e. The van der Waals surface area contributed by atoms with Crippen LogP contribution in [0.1, 0.15) is 51.1 Å². The number of aliphatic hydroxyl groups excluding tert-OH is 1. The molecule has 0 bridgehead atoms. The van der Waals surface area contributed by atoms with Crippen LogP contribution in [-0.4, -0.2) is 22.6 Å². The van der Waals surface area contributed by atoms with Crippen LogP contribution in [-0.2, 0) is 11.2 Å². The topological polar surface area (TPSA) is 75.4 Å². The number of aliphatic hydroxyl groups is 1. The molecule has 5 nitrogen and oxygen atoms in total. The van der Waals surface area contributed by atoms with Crippen LogP contribution >= 0.6 is 0 Å². The molecule has 0 aliphatic heterocycles. The van der Waals surface area contributed by atoms with Gasteiger partial charge in [0.25, 0.3) is 0 Å². The number of halogens is 1. The fourth-order valence-electron chi connectivity index (χ4n) is 4.89. The molecular formula is C32H29FN2O3. The molecule has 5 aromatic rings. The van der Waals surface area contributed by atoms with E-state index in [2.05, 4.69) is 16.4 Å². The number of carbonyl (C=O) groups excluding carboxylic acids is 1. The van der Waals surface area contributed by atoms with E-state index in [9.17, 15) is 14.3 Å². The van der Waals surface area contributed by atoms with Crippen LogP contribution in [0.3, 0.4) is 0 Å². The number of benzene rings is 3. The van der Waals surface area contributed by atoms with E-state index in [1.807, 2.05) is 62.4 Å². The Kier molecular flexibility index (Phi) is 7.33. The summed E-state index contributed by atoms with van der Waals surface area (Å²) in [5.41, 5.74) is 6.42. The quantitative estimate of drug-likeness (QED) is 0.263. The number of fused-ring (bicyclic) bond motifs is 1. The van der Waals surface area contributed by atoms with E-state index in [-0.39, 0.29) is 30.7 Å². The van der Waals surface area contributed by atoms with Gasteiger partial charge in [-0.2, -0.15) is 0 Å². The molecule has 3 aromatic carbocycles. The third kappa shape index (κ3) is 5.50. The number of nitrogens with one attached hydrogen (secondary N) is 1. The van der Waals surface area contributed by atoms with Gasteiger partial charge in [-0.1, -0.05) is 42.0 Å². The van der Waals surface area contributed by atoms with E-state index in [1.165, 1.54) is 12.1 Å². The van der Waals surface area contributed by atoms with Crippen molar-refractivity contribution in [2.45, 2.75) is 32.2 Å². The summed E-state index contributed by atoms with van der Waals surface area (Å²) in [6.07, 6.45) is 3.55. The van der Waals surface area contributed by atoms with Crippen molar-refractivity contribution in [2.24, 2.45) is 0 Å². The molecule has 38 heavy (non-hydrogen) atoms. The Bertz CT molecular complexity index is 1560. The number of amides is 1. The van der Waals surface area contributed by atoms with E-state index in [0.29, 0.717) is 11.3 Å². The van der Waals surface area contributed by atoms with Gasteiger partial charge >= 0.3 is 0 Å². The van der Waals surface area contributed by atoms with Gasteiger partial charge in [-0.3, -0.25) is 9.78 Å². The Morgan fingerprint density at radius 2 is 1.71 bits per heavy atom. The monoisotopic (exact) mass is 508 g/mol. The summed E-state index contributed by atoms with van der Waals surface area (Å²) in [6.45, 7) is 3.95. The third-order valence-electron chi connectivity index (χ3n) is 6.84. The van der Waals surface area contributed by atoms with Crippen molar-refractivity contribution in [1.29, 1.82) is 0 Å². The molecule has 2 N–H and O–H groups in total. The van der Waals surface area contributed by atoms with Crippen molar-refractivity contribution >= 4 is 16.9 Å². The second kappa shape index (κ2) is 11.0. The molecule has 2 unspecified atom stereocenters. The van der Waals surface area contributed by atoms with Crippen LogP contribution in [0.4, 0.5) is 4.39 Å². The Balaban J connectivity index is 1.38. The molecular weight excluding hydrogens is 479 g/mol. The summed E-state index contributed by atoms with van der Waals surface area (Å²) in [5, 5.41) is 14.0. The average molecular weight is 509 g/mol. The van der Waals surface area contributed by atoms with E-state index in [1.54, 1.807) is 24.5 Å². The zero-order chi connectivity index (χ0) is 26.6. The highest BCUT2D eigenvalue weighted by Gasteiger charge is 2.21. The van der Waals surface area contributed by atoms with Crippen molar-refractivity contribution in [3.63, 3.8) is 0 Å². The SMILES string of the molecule is Cc1ccc(C(NC(=O)Cc2ccc3oc(C(CO)c4ccncc4)cc3c2)c2ccc(F)cc2)c(C)c1. The van der Waals surface area contributed by atoms with Gasteiger partial charge in [0, 0.05) is 17.8 Å². The second-order valence-electron chi connectivity index (χ2n) is 9.63. The first-order valence-electron chi connectivity index (χ1n) is 12.6. The molecule has 1 amide bonds. The molecule has 192 valence electrons. The second-order valence-corrected chi connectivity index (χ2v) is 9.63. The molecule has 0 spiro atoms. The number of pyridine rings is 1. The zero-order valence-electron chi connectivity index (χ0n) is 21.3. The van der Waals surface area contributed by atoms with Crippen LogP contribution in [0.2, 0.25) is 0 Å². The Morgan fingerprint density at radius 3 is 2.42 bits per heavy atom. The minimum atomic E-state index is -0.404. The van der Waals surface area contributed by atoms with Gasteiger partial charge < -0.3 is 14.8 Å². The molecule has 0 saturated heterocycles. The molecule has 0 fully saturated rings. The molecule has 0 aliphatic rings. The van der Waals surface area contributed by atoms with E-state index < -0.39 is 6.04 Å². The van der Waals surface area contributed by atoms with Gasteiger partial charge in [0.2, 0.25) is 5.91 Å². The highest BCUT2D eigenvalue weighted by molar-refractivity contribution is 5.83. The highest BCUT2D eigenvalue weighted by atomic mass is 19.1. The Morgan fingerprint density at radius 1 is 0.947 bits per heavy atom. The number of furan rings is 1. The largest absolute Gasteiger partial charge is 0.460 e. The Hall–Kier alpha value is -4.29. The minimum Gasteiger partial charge on any atom is -0.460 e. The maximum atomic E-state index is 13.6. The summed E-state index contributed by atoms with van der Waals surface area (Å²) in [5.74, 6) is -0.111. The van der Waals surface area contributed by atoms with Crippen molar-refractivity contribution in [3.05, 3.63) is 136 Å². The standard InChI is InChI=1S/C32H29FN2O3/c1-20-3-9-27(21(2)15-20)32(24-5-7-26(33)8-6-24)35-31(37)17-22-4-10-29-25(16-22)18-30(38-29)28(19-36)23-11-13-34-14-12-23/h3-16,18,28,32,36H,17,19H2,1-2H3,(H,35,37). The number of aromatic nitrogens is 1. The lowest BCUT2D eigenvalue weighted by molar-refractivity contribution is -0.120. The van der Waals surface area contributed by atoms with Gasteiger partial charge in [-0.05, 0) is 84.1 Å². The number of hydrogen-bond donors (Lipinski definition) is 2. The Labute approximate surface area is 221 Å². The van der Waals surface area contributed by atoms with Crippen LogP contribution in [0.5, 0.6) is 0 Å². The fraction of sp³-hybridized carbons (Fsp3) is 0.188. The minimum absolute atomic E-state index is 0.0949. The van der Waals surface area contributed by atoms with Crippen molar-refractivity contribution in [2.75, 3.05) is 6.61 Å². The van der Waals surface area contributed by atoms with Gasteiger partial charge in [-0.25, -0.2) is 4.39 Å². The number of nitrogens with zero attached hydrogens (tertiary/aromatic N) is 1. The maximum absolute atomic E-state index is 13.6. The molecule has 0 radical (unpaired) electrons. The molecule has 2 aromatic heterocycles. The lowest BCUT2D eigenvalue weighted by Crippen LogP contribution is -2.31. The number of aryl methyl sites for hydroxylation is 2. The van der Waals surface area contributed by atoms with E-state index in [4.69, 9.17) is 4.42 Å². The molecule has 6 heteroatoms. The lowest BCUT2D eigenvalue weighted by Gasteiger charge is -2.22. The molecule has 2 atom stereocenters. The van der Waals surface area contributed by atoms with Crippen molar-refractivity contribution in [3.8, 4) is 0 Å². The average Bonchev–Trinajstić information content (AvgIpc) is 3.32. The summed E-state index contributed by atoms with van der Waals surface area (Å²) in [4.78, 5) is 17.3.